The van der Waals surface area contributed by atoms with Crippen LogP contribution in [0.2, 0.25) is 0 Å². The van der Waals surface area contributed by atoms with Crippen LogP contribution in [-0.2, 0) is 0 Å². The topological polar surface area (TPSA) is 65.7 Å². The summed E-state index contributed by atoms with van der Waals surface area (Å²) in [5, 5.41) is 0.801. The highest BCUT2D eigenvalue weighted by Gasteiger charge is 2.28. The number of hydrogen-bond acceptors (Lipinski definition) is 6. The molecule has 1 unspecified atom stereocenters. The molecule has 1 amide bonds. The second-order valence-corrected chi connectivity index (χ2v) is 6.28. The van der Waals surface area contributed by atoms with Crippen molar-refractivity contribution in [3.8, 4) is 0 Å². The average molecular weight is 297 g/mol. The molecule has 1 saturated heterocycles. The van der Waals surface area contributed by atoms with E-state index in [4.69, 9.17) is 5.73 Å². The minimum Gasteiger partial charge on any atom is -0.382 e. The van der Waals surface area contributed by atoms with Crippen LogP contribution in [0.25, 0.3) is 0 Å². The van der Waals surface area contributed by atoms with E-state index in [2.05, 4.69) is 23.9 Å². The van der Waals surface area contributed by atoms with Crippen molar-refractivity contribution in [2.24, 2.45) is 0 Å². The second kappa shape index (κ2) is 5.97. The minimum atomic E-state index is 0.00991. The summed E-state index contributed by atoms with van der Waals surface area (Å²) >= 11 is 1.38. The summed E-state index contributed by atoms with van der Waals surface area (Å²) in [6.45, 7) is 7.40. The molecular weight excluding hydrogens is 274 g/mol. The van der Waals surface area contributed by atoms with E-state index in [9.17, 15) is 4.79 Å². The van der Waals surface area contributed by atoms with Gasteiger partial charge in [-0.1, -0.05) is 11.3 Å². The van der Waals surface area contributed by atoms with Crippen molar-refractivity contribution in [2.45, 2.75) is 19.9 Å². The number of thiazole rings is 1. The lowest BCUT2D eigenvalue weighted by Crippen LogP contribution is -2.51. The summed E-state index contributed by atoms with van der Waals surface area (Å²) in [5.74, 6) is 0.359. The Morgan fingerprint density at radius 3 is 2.85 bits per heavy atom. The molecular formula is C13H23N5OS. The number of nitrogens with two attached hydrogens (primary N) is 1. The van der Waals surface area contributed by atoms with Crippen LogP contribution in [0.1, 0.15) is 23.5 Å². The third-order valence-electron chi connectivity index (χ3n) is 3.88. The Balaban J connectivity index is 2.15. The van der Waals surface area contributed by atoms with Crippen molar-refractivity contribution in [3.63, 3.8) is 0 Å². The molecule has 6 nitrogen and oxygen atoms in total. The van der Waals surface area contributed by atoms with E-state index < -0.39 is 0 Å². The van der Waals surface area contributed by atoms with Gasteiger partial charge < -0.3 is 20.4 Å². The Morgan fingerprint density at radius 1 is 1.55 bits per heavy atom. The smallest absolute Gasteiger partial charge is 0.267 e. The molecule has 0 spiro atoms. The van der Waals surface area contributed by atoms with Crippen LogP contribution in [0.4, 0.5) is 10.9 Å². The first-order valence-corrected chi connectivity index (χ1v) is 7.72. The maximum atomic E-state index is 12.6. The summed E-state index contributed by atoms with van der Waals surface area (Å²) in [6.07, 6.45) is 0. The molecule has 2 N–H and O–H groups in total. The molecule has 1 aliphatic rings. The quantitative estimate of drug-likeness (QED) is 0.900. The Hall–Kier alpha value is -1.34. The molecule has 2 heterocycles. The van der Waals surface area contributed by atoms with Crippen LogP contribution in [0.5, 0.6) is 0 Å². The number of amides is 1. The Kier molecular flexibility index (Phi) is 4.49. The van der Waals surface area contributed by atoms with Crippen molar-refractivity contribution in [3.05, 3.63) is 4.88 Å². The van der Waals surface area contributed by atoms with Gasteiger partial charge in [-0.2, -0.15) is 0 Å². The molecule has 1 fully saturated rings. The summed E-state index contributed by atoms with van der Waals surface area (Å²) in [6, 6.07) is 0.375. The van der Waals surface area contributed by atoms with Crippen LogP contribution in [-0.4, -0.2) is 67.0 Å². The fraction of sp³-hybridized carbons (Fsp3) is 0.692. The first-order chi connectivity index (χ1) is 9.43. The molecule has 1 atom stereocenters. The predicted molar refractivity (Wildman–Crippen MR) is 83.5 cm³/mol. The highest BCUT2D eigenvalue weighted by Crippen LogP contribution is 2.29. The normalized spacial score (nSPS) is 20.2. The number of carbonyl (C=O) groups excluding carboxylic acids is 1. The molecule has 1 aliphatic heterocycles. The lowest BCUT2D eigenvalue weighted by molar-refractivity contribution is 0.0578. The largest absolute Gasteiger partial charge is 0.382 e. The zero-order chi connectivity index (χ0) is 14.9. The standard InChI is InChI=1S/C13H23N5OS/c1-5-16(3)13-15-11(14)10(20-13)12(19)18-7-6-17(4)9(2)8-18/h9H,5-8,14H2,1-4H3. The molecule has 0 radical (unpaired) electrons. The van der Waals surface area contributed by atoms with Crippen molar-refractivity contribution in [1.29, 1.82) is 0 Å². The molecule has 20 heavy (non-hydrogen) atoms. The Morgan fingerprint density at radius 2 is 2.25 bits per heavy atom. The van der Waals surface area contributed by atoms with Crippen LogP contribution in [0.15, 0.2) is 0 Å². The van der Waals surface area contributed by atoms with Gasteiger partial charge in [0.05, 0.1) is 0 Å². The summed E-state index contributed by atoms with van der Waals surface area (Å²) in [5.41, 5.74) is 5.92. The minimum absolute atomic E-state index is 0.00991. The van der Waals surface area contributed by atoms with E-state index in [0.717, 1.165) is 31.3 Å². The first kappa shape index (κ1) is 15.1. The molecule has 112 valence electrons. The summed E-state index contributed by atoms with van der Waals surface area (Å²) in [4.78, 5) is 23.6. The summed E-state index contributed by atoms with van der Waals surface area (Å²) in [7, 11) is 4.03. The predicted octanol–water partition coefficient (Wildman–Crippen LogP) is 0.957. The Labute approximate surface area is 124 Å². The summed E-state index contributed by atoms with van der Waals surface area (Å²) < 4.78 is 0. The molecule has 0 aromatic carbocycles. The van der Waals surface area contributed by atoms with Crippen molar-refractivity contribution in [2.75, 3.05) is 50.9 Å². The zero-order valence-electron chi connectivity index (χ0n) is 12.6. The number of nitrogens with zero attached hydrogens (tertiary/aromatic N) is 4. The third kappa shape index (κ3) is 2.88. The molecule has 0 saturated carbocycles. The van der Waals surface area contributed by atoms with Crippen LogP contribution in [0.3, 0.4) is 0 Å². The first-order valence-electron chi connectivity index (χ1n) is 6.91. The average Bonchev–Trinajstić information content (AvgIpc) is 2.82. The van der Waals surface area contributed by atoms with Gasteiger partial charge in [0.25, 0.3) is 5.91 Å². The molecule has 1 aromatic rings. The van der Waals surface area contributed by atoms with Crippen LogP contribution in [0, 0.1) is 0 Å². The zero-order valence-corrected chi connectivity index (χ0v) is 13.4. The third-order valence-corrected chi connectivity index (χ3v) is 5.06. The second-order valence-electron chi connectivity index (χ2n) is 5.31. The van der Waals surface area contributed by atoms with Gasteiger partial charge in [-0.25, -0.2) is 4.98 Å². The van der Waals surface area contributed by atoms with E-state index >= 15 is 0 Å². The van der Waals surface area contributed by atoms with Crippen LogP contribution < -0.4 is 10.6 Å². The van der Waals surface area contributed by atoms with E-state index in [-0.39, 0.29) is 5.91 Å². The van der Waals surface area contributed by atoms with Crippen molar-refractivity contribution >= 4 is 28.2 Å². The number of hydrogen-bond donors (Lipinski definition) is 1. The van der Waals surface area contributed by atoms with E-state index in [1.165, 1.54) is 11.3 Å². The van der Waals surface area contributed by atoms with Gasteiger partial charge in [-0.15, -0.1) is 0 Å². The lowest BCUT2D eigenvalue weighted by atomic mass is 10.2. The number of nitrogen functional groups attached to an aromatic ring is 1. The van der Waals surface area contributed by atoms with Gasteiger partial charge >= 0.3 is 0 Å². The maximum absolute atomic E-state index is 12.6. The van der Waals surface area contributed by atoms with Crippen molar-refractivity contribution < 1.29 is 4.79 Å². The SMILES string of the molecule is CCN(C)c1nc(N)c(C(=O)N2CCN(C)C(C)C2)s1. The maximum Gasteiger partial charge on any atom is 0.267 e. The molecule has 2 rings (SSSR count). The van der Waals surface area contributed by atoms with E-state index in [1.807, 2.05) is 23.8 Å². The van der Waals surface area contributed by atoms with Gasteiger partial charge in [0.15, 0.2) is 5.13 Å². The molecule has 1 aromatic heterocycles. The van der Waals surface area contributed by atoms with Crippen LogP contribution >= 0.6 is 11.3 Å². The fourth-order valence-electron chi connectivity index (χ4n) is 2.15. The van der Waals surface area contributed by atoms with Gasteiger partial charge in [-0.3, -0.25) is 4.79 Å². The highest BCUT2D eigenvalue weighted by molar-refractivity contribution is 7.18. The monoisotopic (exact) mass is 297 g/mol. The number of piperazine rings is 1. The number of carbonyl (C=O) groups is 1. The number of aromatic nitrogens is 1. The molecule has 7 heteroatoms. The van der Waals surface area contributed by atoms with E-state index in [0.29, 0.717) is 16.7 Å². The van der Waals surface area contributed by atoms with E-state index in [1.54, 1.807) is 0 Å². The number of rotatable bonds is 3. The number of likely N-dealkylation sites (N-methyl/N-ethyl adjacent to an activating group) is 1. The van der Waals surface area contributed by atoms with Gasteiger partial charge in [-0.05, 0) is 20.9 Å². The van der Waals surface area contributed by atoms with Crippen molar-refractivity contribution in [1.82, 2.24) is 14.8 Å². The highest BCUT2D eigenvalue weighted by atomic mass is 32.1. The lowest BCUT2D eigenvalue weighted by Gasteiger charge is -2.37. The Bertz CT molecular complexity index is 489. The number of anilines is 2. The van der Waals surface area contributed by atoms with Gasteiger partial charge in [0.2, 0.25) is 0 Å². The van der Waals surface area contributed by atoms with Gasteiger partial charge in [0, 0.05) is 39.3 Å². The molecule has 0 bridgehead atoms. The van der Waals surface area contributed by atoms with Gasteiger partial charge in [0.1, 0.15) is 10.7 Å². The molecule has 0 aliphatic carbocycles. The fourth-order valence-corrected chi connectivity index (χ4v) is 3.13.